The molecule has 1 saturated heterocycles. The molecule has 7 heteroatoms. The molecule has 0 aliphatic carbocycles. The van der Waals surface area contributed by atoms with Gasteiger partial charge in [0, 0.05) is 24.6 Å². The van der Waals surface area contributed by atoms with E-state index < -0.39 is 0 Å². The monoisotopic (exact) mass is 377 g/mol. The molecule has 3 aromatic rings. The van der Waals surface area contributed by atoms with Crippen LogP contribution in [0.1, 0.15) is 35.3 Å². The Balaban J connectivity index is 1.71. The minimum atomic E-state index is -0.339. The SMILES string of the molecule is O=C(c1cnc2ccccn2c1=O)N(Cc1ccccn1)C1CCCNCC1. The Kier molecular flexibility index (Phi) is 5.43. The van der Waals surface area contributed by atoms with Gasteiger partial charge in [0.25, 0.3) is 11.5 Å². The number of amides is 1. The van der Waals surface area contributed by atoms with Crippen molar-refractivity contribution in [3.05, 3.63) is 76.6 Å². The third-order valence-corrected chi connectivity index (χ3v) is 5.15. The van der Waals surface area contributed by atoms with Crippen molar-refractivity contribution < 1.29 is 4.79 Å². The lowest BCUT2D eigenvalue weighted by Gasteiger charge is -2.30. The molecule has 0 bridgehead atoms. The van der Waals surface area contributed by atoms with Crippen molar-refractivity contribution in [1.29, 1.82) is 0 Å². The lowest BCUT2D eigenvalue weighted by Crippen LogP contribution is -2.43. The maximum Gasteiger partial charge on any atom is 0.270 e. The molecule has 7 nitrogen and oxygen atoms in total. The van der Waals surface area contributed by atoms with Crippen LogP contribution < -0.4 is 10.9 Å². The summed E-state index contributed by atoms with van der Waals surface area (Å²) in [6.07, 6.45) is 7.50. The van der Waals surface area contributed by atoms with Gasteiger partial charge in [-0.15, -0.1) is 0 Å². The Bertz CT molecular complexity index is 1010. The fraction of sp³-hybridized carbons (Fsp3) is 0.333. The van der Waals surface area contributed by atoms with Crippen LogP contribution in [-0.2, 0) is 6.54 Å². The van der Waals surface area contributed by atoms with Gasteiger partial charge in [-0.25, -0.2) is 4.98 Å². The summed E-state index contributed by atoms with van der Waals surface area (Å²) in [6, 6.07) is 11.0. The molecule has 1 amide bonds. The number of carbonyl (C=O) groups is 1. The minimum absolute atomic E-state index is 0.0559. The van der Waals surface area contributed by atoms with Gasteiger partial charge in [0.1, 0.15) is 11.2 Å². The third kappa shape index (κ3) is 3.80. The van der Waals surface area contributed by atoms with Gasteiger partial charge in [-0.2, -0.15) is 0 Å². The van der Waals surface area contributed by atoms with E-state index in [0.29, 0.717) is 12.2 Å². The average molecular weight is 377 g/mol. The molecule has 4 heterocycles. The Hall–Kier alpha value is -3.06. The first-order chi connectivity index (χ1) is 13.7. The molecule has 3 aromatic heterocycles. The standard InChI is InChI=1S/C21H23N5O2/c27-20-18(14-24-19-8-2-4-13-25(19)20)21(28)26(15-16-6-1-3-11-23-16)17-7-5-10-22-12-9-17/h1-4,6,8,11,13-14,17,22H,5,7,9-10,12,15H2. The minimum Gasteiger partial charge on any atom is -0.329 e. The average Bonchev–Trinajstić information content (AvgIpc) is 3.02. The van der Waals surface area contributed by atoms with Crippen molar-refractivity contribution >= 4 is 11.6 Å². The molecule has 0 spiro atoms. The molecule has 28 heavy (non-hydrogen) atoms. The number of hydrogen-bond donors (Lipinski definition) is 1. The molecule has 0 radical (unpaired) electrons. The van der Waals surface area contributed by atoms with Crippen molar-refractivity contribution in [3.8, 4) is 0 Å². The van der Waals surface area contributed by atoms with Crippen LogP contribution in [0.25, 0.3) is 5.65 Å². The van der Waals surface area contributed by atoms with Gasteiger partial charge < -0.3 is 10.2 Å². The van der Waals surface area contributed by atoms with E-state index in [1.807, 2.05) is 24.3 Å². The highest BCUT2D eigenvalue weighted by Gasteiger charge is 2.28. The first kappa shape index (κ1) is 18.3. The summed E-state index contributed by atoms with van der Waals surface area (Å²) in [7, 11) is 0. The smallest absolute Gasteiger partial charge is 0.270 e. The summed E-state index contributed by atoms with van der Waals surface area (Å²) in [5.41, 5.74) is 1.09. The van der Waals surface area contributed by atoms with Crippen LogP contribution in [0, 0.1) is 0 Å². The fourth-order valence-electron chi connectivity index (χ4n) is 3.67. The predicted octanol–water partition coefficient (Wildman–Crippen LogP) is 1.87. The van der Waals surface area contributed by atoms with Crippen molar-refractivity contribution in [2.75, 3.05) is 13.1 Å². The lowest BCUT2D eigenvalue weighted by molar-refractivity contribution is 0.0640. The third-order valence-electron chi connectivity index (χ3n) is 5.15. The number of aromatic nitrogens is 3. The zero-order chi connectivity index (χ0) is 19.3. The Morgan fingerprint density at radius 1 is 1.14 bits per heavy atom. The van der Waals surface area contributed by atoms with E-state index in [4.69, 9.17) is 0 Å². The number of rotatable bonds is 4. The Labute approximate surface area is 163 Å². The van der Waals surface area contributed by atoms with Crippen molar-refractivity contribution in [2.45, 2.75) is 31.8 Å². The van der Waals surface area contributed by atoms with E-state index in [1.54, 1.807) is 29.4 Å². The second-order valence-corrected chi connectivity index (χ2v) is 6.99. The van der Waals surface area contributed by atoms with E-state index in [9.17, 15) is 9.59 Å². The topological polar surface area (TPSA) is 79.6 Å². The summed E-state index contributed by atoms with van der Waals surface area (Å²) >= 11 is 0. The molecule has 0 saturated carbocycles. The second-order valence-electron chi connectivity index (χ2n) is 6.99. The van der Waals surface area contributed by atoms with Gasteiger partial charge in [-0.05, 0) is 56.6 Å². The van der Waals surface area contributed by atoms with Gasteiger partial charge >= 0.3 is 0 Å². The molecule has 0 aromatic carbocycles. The molecular weight excluding hydrogens is 354 g/mol. The normalized spacial score (nSPS) is 17.2. The lowest BCUT2D eigenvalue weighted by atomic mass is 10.1. The van der Waals surface area contributed by atoms with Crippen molar-refractivity contribution in [2.24, 2.45) is 0 Å². The molecule has 1 fully saturated rings. The zero-order valence-corrected chi connectivity index (χ0v) is 15.6. The first-order valence-corrected chi connectivity index (χ1v) is 9.62. The molecule has 1 N–H and O–H groups in total. The molecule has 1 aliphatic heterocycles. The summed E-state index contributed by atoms with van der Waals surface area (Å²) in [5.74, 6) is -0.284. The number of hydrogen-bond acceptors (Lipinski definition) is 5. The van der Waals surface area contributed by atoms with Gasteiger partial charge in [0.2, 0.25) is 0 Å². The van der Waals surface area contributed by atoms with Crippen LogP contribution >= 0.6 is 0 Å². The van der Waals surface area contributed by atoms with E-state index in [0.717, 1.165) is 38.0 Å². The summed E-state index contributed by atoms with van der Waals surface area (Å²) in [6.45, 7) is 2.18. The maximum absolute atomic E-state index is 13.4. The molecule has 144 valence electrons. The largest absolute Gasteiger partial charge is 0.329 e. The summed E-state index contributed by atoms with van der Waals surface area (Å²) in [5, 5.41) is 3.38. The Morgan fingerprint density at radius 2 is 2.04 bits per heavy atom. The van der Waals surface area contributed by atoms with Crippen LogP contribution in [0.2, 0.25) is 0 Å². The van der Waals surface area contributed by atoms with Crippen LogP contribution in [0.15, 0.2) is 59.8 Å². The second kappa shape index (κ2) is 8.31. The molecule has 1 unspecified atom stereocenters. The molecular formula is C21H23N5O2. The summed E-state index contributed by atoms with van der Waals surface area (Å²) < 4.78 is 1.42. The van der Waals surface area contributed by atoms with Gasteiger partial charge in [-0.1, -0.05) is 12.1 Å². The number of nitrogens with zero attached hydrogens (tertiary/aromatic N) is 4. The van der Waals surface area contributed by atoms with Gasteiger partial charge in [0.15, 0.2) is 0 Å². The molecule has 4 rings (SSSR count). The van der Waals surface area contributed by atoms with Gasteiger partial charge in [0.05, 0.1) is 12.2 Å². The van der Waals surface area contributed by atoms with Crippen LogP contribution in [-0.4, -0.2) is 44.3 Å². The predicted molar refractivity (Wildman–Crippen MR) is 106 cm³/mol. The van der Waals surface area contributed by atoms with Crippen molar-refractivity contribution in [3.63, 3.8) is 0 Å². The van der Waals surface area contributed by atoms with Crippen LogP contribution in [0.3, 0.4) is 0 Å². The van der Waals surface area contributed by atoms with E-state index in [-0.39, 0.29) is 23.1 Å². The van der Waals surface area contributed by atoms with E-state index in [2.05, 4.69) is 15.3 Å². The summed E-state index contributed by atoms with van der Waals surface area (Å²) in [4.78, 5) is 36.8. The van der Waals surface area contributed by atoms with Gasteiger partial charge in [-0.3, -0.25) is 19.0 Å². The van der Waals surface area contributed by atoms with E-state index in [1.165, 1.54) is 10.6 Å². The highest BCUT2D eigenvalue weighted by atomic mass is 16.2. The Morgan fingerprint density at radius 3 is 2.89 bits per heavy atom. The van der Waals surface area contributed by atoms with E-state index >= 15 is 0 Å². The first-order valence-electron chi connectivity index (χ1n) is 9.62. The molecule has 1 aliphatic rings. The highest BCUT2D eigenvalue weighted by Crippen LogP contribution is 2.18. The highest BCUT2D eigenvalue weighted by molar-refractivity contribution is 5.94. The number of fused-ring (bicyclic) bond motifs is 1. The van der Waals surface area contributed by atoms with Crippen LogP contribution in [0.5, 0.6) is 0 Å². The quantitative estimate of drug-likeness (QED) is 0.751. The van der Waals surface area contributed by atoms with Crippen LogP contribution in [0.4, 0.5) is 0 Å². The zero-order valence-electron chi connectivity index (χ0n) is 15.6. The number of nitrogens with one attached hydrogen (secondary N) is 1. The number of carbonyl (C=O) groups excluding carboxylic acids is 1. The maximum atomic E-state index is 13.4. The fourth-order valence-corrected chi connectivity index (χ4v) is 3.67. The number of pyridine rings is 2. The molecule has 1 atom stereocenters. The van der Waals surface area contributed by atoms with Crippen molar-refractivity contribution in [1.82, 2.24) is 24.6 Å².